The van der Waals surface area contributed by atoms with Gasteiger partial charge in [-0.25, -0.2) is 4.39 Å². The van der Waals surface area contributed by atoms with Crippen LogP contribution in [0.25, 0.3) is 0 Å². The van der Waals surface area contributed by atoms with Crippen molar-refractivity contribution < 1.29 is 4.39 Å². The first-order valence-corrected chi connectivity index (χ1v) is 3.01. The van der Waals surface area contributed by atoms with Crippen molar-refractivity contribution in [2.45, 2.75) is 0 Å². The standard InChI is InChI=1S/C8H8FN/c1-10-6-7-4-2-3-5-8(7)9/h2-6H,1H3/b10-6+. The maximum Gasteiger partial charge on any atom is 0.131 e. The van der Waals surface area contributed by atoms with E-state index in [0.717, 1.165) is 0 Å². The summed E-state index contributed by atoms with van der Waals surface area (Å²) in [6.07, 6.45) is 1.50. The highest BCUT2D eigenvalue weighted by atomic mass is 19.1. The normalized spacial score (nSPS) is 10.6. The van der Waals surface area contributed by atoms with E-state index in [1.807, 2.05) is 0 Å². The SMILES string of the molecule is C/N=C/c1ccccc1F. The van der Waals surface area contributed by atoms with Gasteiger partial charge in [-0.15, -0.1) is 0 Å². The highest BCUT2D eigenvalue weighted by Crippen LogP contribution is 2.02. The van der Waals surface area contributed by atoms with Crippen LogP contribution >= 0.6 is 0 Å². The highest BCUT2D eigenvalue weighted by Gasteiger charge is 1.93. The summed E-state index contributed by atoms with van der Waals surface area (Å²) in [5.41, 5.74) is 0.532. The summed E-state index contributed by atoms with van der Waals surface area (Å²) < 4.78 is 12.7. The van der Waals surface area contributed by atoms with E-state index in [1.165, 1.54) is 12.3 Å². The molecule has 0 N–H and O–H groups in total. The molecule has 2 heteroatoms. The van der Waals surface area contributed by atoms with Gasteiger partial charge in [0, 0.05) is 18.8 Å². The molecule has 1 nitrogen and oxygen atoms in total. The van der Waals surface area contributed by atoms with Crippen LogP contribution < -0.4 is 0 Å². The van der Waals surface area contributed by atoms with E-state index in [0.29, 0.717) is 5.56 Å². The molecule has 0 aromatic heterocycles. The lowest BCUT2D eigenvalue weighted by molar-refractivity contribution is 0.626. The minimum Gasteiger partial charge on any atom is -0.296 e. The lowest BCUT2D eigenvalue weighted by Gasteiger charge is -1.91. The Balaban J connectivity index is 3.03. The molecule has 1 aromatic rings. The Morgan fingerprint density at radius 2 is 2.10 bits per heavy atom. The van der Waals surface area contributed by atoms with Crippen LogP contribution in [0.2, 0.25) is 0 Å². The van der Waals surface area contributed by atoms with E-state index in [-0.39, 0.29) is 5.82 Å². The summed E-state index contributed by atoms with van der Waals surface area (Å²) in [5, 5.41) is 0. The van der Waals surface area contributed by atoms with Crippen molar-refractivity contribution in [3.8, 4) is 0 Å². The zero-order chi connectivity index (χ0) is 7.40. The zero-order valence-corrected chi connectivity index (χ0v) is 5.71. The molecule has 0 saturated carbocycles. The van der Waals surface area contributed by atoms with E-state index in [1.54, 1.807) is 25.2 Å². The third kappa shape index (κ3) is 1.41. The number of hydrogen-bond acceptors (Lipinski definition) is 1. The van der Waals surface area contributed by atoms with E-state index in [2.05, 4.69) is 4.99 Å². The van der Waals surface area contributed by atoms with Gasteiger partial charge in [0.15, 0.2) is 0 Å². The van der Waals surface area contributed by atoms with E-state index < -0.39 is 0 Å². The number of halogens is 1. The Morgan fingerprint density at radius 3 is 2.70 bits per heavy atom. The van der Waals surface area contributed by atoms with Crippen molar-refractivity contribution in [1.29, 1.82) is 0 Å². The van der Waals surface area contributed by atoms with Crippen LogP contribution in [0.15, 0.2) is 29.3 Å². The summed E-state index contributed by atoms with van der Waals surface area (Å²) in [6.45, 7) is 0. The molecule has 0 fully saturated rings. The van der Waals surface area contributed by atoms with E-state index in [9.17, 15) is 4.39 Å². The van der Waals surface area contributed by atoms with Gasteiger partial charge in [-0.05, 0) is 6.07 Å². The number of aliphatic imine (C=N–C) groups is 1. The maximum atomic E-state index is 12.7. The lowest BCUT2D eigenvalue weighted by atomic mass is 10.2. The van der Waals surface area contributed by atoms with Gasteiger partial charge in [0.1, 0.15) is 5.82 Å². The summed E-state index contributed by atoms with van der Waals surface area (Å²) in [4.78, 5) is 3.70. The maximum absolute atomic E-state index is 12.7. The molecule has 0 aliphatic rings. The van der Waals surface area contributed by atoms with Crippen LogP contribution in [0, 0.1) is 5.82 Å². The molecule has 0 atom stereocenters. The molecule has 52 valence electrons. The molecule has 10 heavy (non-hydrogen) atoms. The number of rotatable bonds is 1. The molecular formula is C8H8FN. The van der Waals surface area contributed by atoms with E-state index in [4.69, 9.17) is 0 Å². The molecule has 0 aliphatic heterocycles. The zero-order valence-electron chi connectivity index (χ0n) is 5.71. The average molecular weight is 137 g/mol. The average Bonchev–Trinajstić information content (AvgIpc) is 1.94. The van der Waals surface area contributed by atoms with Crippen LogP contribution in [0.1, 0.15) is 5.56 Å². The smallest absolute Gasteiger partial charge is 0.131 e. The Kier molecular flexibility index (Phi) is 2.15. The fraction of sp³-hybridized carbons (Fsp3) is 0.125. The lowest BCUT2D eigenvalue weighted by Crippen LogP contribution is -1.85. The molecule has 0 radical (unpaired) electrons. The van der Waals surface area contributed by atoms with E-state index >= 15 is 0 Å². The quantitative estimate of drug-likeness (QED) is 0.524. The van der Waals surface area contributed by atoms with Gasteiger partial charge in [-0.3, -0.25) is 4.99 Å². The van der Waals surface area contributed by atoms with Gasteiger partial charge < -0.3 is 0 Å². The first-order valence-electron chi connectivity index (χ1n) is 3.01. The van der Waals surface area contributed by atoms with Gasteiger partial charge in [0.2, 0.25) is 0 Å². The van der Waals surface area contributed by atoms with Crippen LogP contribution in [-0.2, 0) is 0 Å². The fourth-order valence-corrected chi connectivity index (χ4v) is 0.719. The monoisotopic (exact) mass is 137 g/mol. The summed E-state index contributed by atoms with van der Waals surface area (Å²) in [7, 11) is 1.62. The molecule has 0 heterocycles. The predicted octanol–water partition coefficient (Wildman–Crippen LogP) is 1.87. The molecule has 0 aliphatic carbocycles. The minimum atomic E-state index is -0.229. The van der Waals surface area contributed by atoms with Crippen molar-refractivity contribution in [3.05, 3.63) is 35.6 Å². The Bertz CT molecular complexity index is 243. The Labute approximate surface area is 59.2 Å². The summed E-state index contributed by atoms with van der Waals surface area (Å²) in [5.74, 6) is -0.229. The first-order chi connectivity index (χ1) is 4.84. The van der Waals surface area contributed by atoms with Crippen LogP contribution in [-0.4, -0.2) is 13.3 Å². The molecule has 0 saturated heterocycles. The second-order valence-electron chi connectivity index (χ2n) is 1.91. The van der Waals surface area contributed by atoms with Crippen LogP contribution in [0.4, 0.5) is 4.39 Å². The topological polar surface area (TPSA) is 12.4 Å². The van der Waals surface area contributed by atoms with Gasteiger partial charge >= 0.3 is 0 Å². The van der Waals surface area contributed by atoms with Gasteiger partial charge in [-0.1, -0.05) is 18.2 Å². The van der Waals surface area contributed by atoms with Crippen molar-refractivity contribution in [2.24, 2.45) is 4.99 Å². The Hall–Kier alpha value is -1.18. The molecular weight excluding hydrogens is 129 g/mol. The second-order valence-corrected chi connectivity index (χ2v) is 1.91. The number of nitrogens with zero attached hydrogens (tertiary/aromatic N) is 1. The second kappa shape index (κ2) is 3.11. The number of benzene rings is 1. The third-order valence-electron chi connectivity index (χ3n) is 1.17. The van der Waals surface area contributed by atoms with Crippen LogP contribution in [0.3, 0.4) is 0 Å². The minimum absolute atomic E-state index is 0.229. The van der Waals surface area contributed by atoms with Crippen molar-refractivity contribution in [1.82, 2.24) is 0 Å². The fourth-order valence-electron chi connectivity index (χ4n) is 0.719. The van der Waals surface area contributed by atoms with Crippen molar-refractivity contribution in [2.75, 3.05) is 7.05 Å². The predicted molar refractivity (Wildman–Crippen MR) is 39.9 cm³/mol. The first kappa shape index (κ1) is 6.93. The highest BCUT2D eigenvalue weighted by molar-refractivity contribution is 5.79. The van der Waals surface area contributed by atoms with Gasteiger partial charge in [0.25, 0.3) is 0 Å². The molecule has 0 unspecified atom stereocenters. The van der Waals surface area contributed by atoms with Crippen LogP contribution in [0.5, 0.6) is 0 Å². The molecule has 0 spiro atoms. The third-order valence-corrected chi connectivity index (χ3v) is 1.17. The molecule has 1 rings (SSSR count). The van der Waals surface area contributed by atoms with Gasteiger partial charge in [0.05, 0.1) is 0 Å². The Morgan fingerprint density at radius 1 is 1.40 bits per heavy atom. The number of hydrogen-bond donors (Lipinski definition) is 0. The molecule has 0 bridgehead atoms. The summed E-state index contributed by atoms with van der Waals surface area (Å²) in [6, 6.07) is 6.53. The largest absolute Gasteiger partial charge is 0.296 e. The summed E-state index contributed by atoms with van der Waals surface area (Å²) >= 11 is 0. The van der Waals surface area contributed by atoms with Crippen molar-refractivity contribution in [3.63, 3.8) is 0 Å². The molecule has 1 aromatic carbocycles. The molecule has 0 amide bonds. The van der Waals surface area contributed by atoms with Crippen molar-refractivity contribution >= 4 is 6.21 Å². The van der Waals surface area contributed by atoms with Gasteiger partial charge in [-0.2, -0.15) is 0 Å².